The molecule has 10 nitrogen and oxygen atoms in total. The van der Waals surface area contributed by atoms with E-state index in [1.54, 1.807) is 12.4 Å². The van der Waals surface area contributed by atoms with Gasteiger partial charge in [0.2, 0.25) is 0 Å². The molecule has 0 aliphatic carbocycles. The lowest BCUT2D eigenvalue weighted by molar-refractivity contribution is -0.0399. The third-order valence-electron chi connectivity index (χ3n) is 7.25. The SMILES string of the molecule is Cc1n[nH]c(C)c1-c1cc(N2CC3CCC(C2)O3)nc(/C(=C\N)c2ccnn2C2CCCCO2)n1. The number of H-pyrrole nitrogens is 1. The van der Waals surface area contributed by atoms with E-state index in [0.717, 1.165) is 91.5 Å². The molecular formula is C25H32N8O2. The van der Waals surface area contributed by atoms with Crippen molar-refractivity contribution in [2.75, 3.05) is 24.6 Å². The fourth-order valence-corrected chi connectivity index (χ4v) is 5.52. The van der Waals surface area contributed by atoms with Crippen LogP contribution in [0.25, 0.3) is 16.8 Å². The number of hydrogen-bond donors (Lipinski definition) is 2. The van der Waals surface area contributed by atoms with Gasteiger partial charge >= 0.3 is 0 Å². The van der Waals surface area contributed by atoms with Crippen LogP contribution in [0.4, 0.5) is 5.82 Å². The predicted octanol–water partition coefficient (Wildman–Crippen LogP) is 3.09. The summed E-state index contributed by atoms with van der Waals surface area (Å²) in [7, 11) is 0. The van der Waals surface area contributed by atoms with Crippen molar-refractivity contribution >= 4 is 11.4 Å². The van der Waals surface area contributed by atoms with Gasteiger partial charge in [-0.05, 0) is 52.0 Å². The van der Waals surface area contributed by atoms with Gasteiger partial charge in [0.25, 0.3) is 0 Å². The number of aromatic nitrogens is 6. The van der Waals surface area contributed by atoms with Gasteiger partial charge in [-0.3, -0.25) is 5.10 Å². The molecule has 0 aromatic carbocycles. The zero-order valence-corrected chi connectivity index (χ0v) is 20.3. The molecule has 3 aliphatic rings. The average Bonchev–Trinajstić information content (AvgIpc) is 3.58. The van der Waals surface area contributed by atoms with Crippen LogP contribution in [0.3, 0.4) is 0 Å². The van der Waals surface area contributed by atoms with Crippen LogP contribution < -0.4 is 10.6 Å². The van der Waals surface area contributed by atoms with Crippen LogP contribution in [0.2, 0.25) is 0 Å². The molecule has 0 radical (unpaired) electrons. The molecule has 6 heterocycles. The van der Waals surface area contributed by atoms with E-state index in [1.807, 2.05) is 24.6 Å². The summed E-state index contributed by atoms with van der Waals surface area (Å²) in [6, 6.07) is 4.02. The van der Waals surface area contributed by atoms with E-state index in [9.17, 15) is 0 Å². The predicted molar refractivity (Wildman–Crippen MR) is 132 cm³/mol. The van der Waals surface area contributed by atoms with E-state index in [4.69, 9.17) is 25.2 Å². The third kappa shape index (κ3) is 4.10. The van der Waals surface area contributed by atoms with Gasteiger partial charge < -0.3 is 20.1 Å². The molecule has 10 heteroatoms. The summed E-state index contributed by atoms with van der Waals surface area (Å²) in [6.45, 7) is 6.39. The van der Waals surface area contributed by atoms with Crippen molar-refractivity contribution in [2.45, 2.75) is 64.4 Å². The zero-order valence-electron chi connectivity index (χ0n) is 20.3. The number of fused-ring (bicyclic) bond motifs is 2. The lowest BCUT2D eigenvalue weighted by Gasteiger charge is -2.33. The molecule has 3 N–H and O–H groups in total. The van der Waals surface area contributed by atoms with E-state index < -0.39 is 0 Å². The van der Waals surface area contributed by atoms with E-state index in [0.29, 0.717) is 5.82 Å². The van der Waals surface area contributed by atoms with Crippen LogP contribution in [0.5, 0.6) is 0 Å². The fraction of sp³-hybridized carbons (Fsp3) is 0.520. The average molecular weight is 477 g/mol. The van der Waals surface area contributed by atoms with E-state index in [2.05, 4.69) is 26.3 Å². The van der Waals surface area contributed by atoms with Crippen LogP contribution in [0, 0.1) is 13.8 Å². The largest absolute Gasteiger partial charge is 0.404 e. The monoisotopic (exact) mass is 476 g/mol. The molecule has 0 spiro atoms. The Kier molecular flexibility index (Phi) is 5.77. The zero-order chi connectivity index (χ0) is 23.9. The number of morpholine rings is 1. The van der Waals surface area contributed by atoms with Gasteiger partial charge in [-0.2, -0.15) is 10.2 Å². The molecular weight excluding hydrogens is 444 g/mol. The van der Waals surface area contributed by atoms with E-state index >= 15 is 0 Å². The van der Waals surface area contributed by atoms with Gasteiger partial charge in [-0.25, -0.2) is 14.6 Å². The lowest BCUT2D eigenvalue weighted by atomic mass is 10.1. The van der Waals surface area contributed by atoms with Gasteiger partial charge in [0, 0.05) is 49.4 Å². The maximum atomic E-state index is 6.23. The molecule has 3 saturated heterocycles. The van der Waals surface area contributed by atoms with Crippen molar-refractivity contribution in [3.8, 4) is 11.3 Å². The van der Waals surface area contributed by atoms with Crippen molar-refractivity contribution in [3.05, 3.63) is 47.4 Å². The molecule has 3 fully saturated rings. The summed E-state index contributed by atoms with van der Waals surface area (Å²) in [5, 5.41) is 12.1. The molecule has 35 heavy (non-hydrogen) atoms. The second kappa shape index (κ2) is 9.09. The highest BCUT2D eigenvalue weighted by molar-refractivity contribution is 5.77. The minimum Gasteiger partial charge on any atom is -0.404 e. The first-order chi connectivity index (χ1) is 17.1. The highest BCUT2D eigenvalue weighted by Gasteiger charge is 2.35. The normalized spacial score (nSPS) is 24.8. The number of ether oxygens (including phenoxy) is 2. The van der Waals surface area contributed by atoms with Gasteiger partial charge in [-0.15, -0.1) is 0 Å². The van der Waals surface area contributed by atoms with Crippen LogP contribution in [0.15, 0.2) is 24.5 Å². The number of hydrogen-bond acceptors (Lipinski definition) is 8. The molecule has 3 aromatic rings. The summed E-state index contributed by atoms with van der Waals surface area (Å²) in [5.74, 6) is 1.45. The summed E-state index contributed by atoms with van der Waals surface area (Å²) in [4.78, 5) is 12.4. The Morgan fingerprint density at radius 1 is 1.14 bits per heavy atom. The fourth-order valence-electron chi connectivity index (χ4n) is 5.52. The summed E-state index contributed by atoms with van der Waals surface area (Å²) in [5.41, 5.74) is 11.5. The van der Waals surface area contributed by atoms with Crippen molar-refractivity contribution in [3.63, 3.8) is 0 Å². The van der Waals surface area contributed by atoms with Gasteiger partial charge in [0.1, 0.15) is 5.82 Å². The Morgan fingerprint density at radius 2 is 1.97 bits per heavy atom. The van der Waals surface area contributed by atoms with Crippen molar-refractivity contribution in [1.82, 2.24) is 29.9 Å². The Hall–Kier alpha value is -3.24. The highest BCUT2D eigenvalue weighted by Crippen LogP contribution is 2.34. The Labute approximate surface area is 204 Å². The molecule has 184 valence electrons. The number of aryl methyl sites for hydroxylation is 2. The van der Waals surface area contributed by atoms with E-state index in [-0.39, 0.29) is 18.4 Å². The number of nitrogens with zero attached hydrogens (tertiary/aromatic N) is 6. The second-order valence-electron chi connectivity index (χ2n) is 9.67. The van der Waals surface area contributed by atoms with Crippen LogP contribution in [-0.2, 0) is 9.47 Å². The smallest absolute Gasteiger partial charge is 0.165 e. The van der Waals surface area contributed by atoms with Crippen molar-refractivity contribution in [1.29, 1.82) is 0 Å². The molecule has 3 unspecified atom stereocenters. The first kappa shape index (κ1) is 22.2. The lowest BCUT2D eigenvalue weighted by Crippen LogP contribution is -2.43. The minimum absolute atomic E-state index is 0.111. The molecule has 3 aliphatic heterocycles. The number of nitrogens with two attached hydrogens (primary N) is 1. The first-order valence-electron chi connectivity index (χ1n) is 12.5. The molecule has 6 rings (SSSR count). The number of rotatable bonds is 5. The number of anilines is 1. The maximum Gasteiger partial charge on any atom is 0.165 e. The molecule has 3 atom stereocenters. The van der Waals surface area contributed by atoms with Gasteiger partial charge in [0.15, 0.2) is 12.1 Å². The van der Waals surface area contributed by atoms with Crippen LogP contribution in [-0.4, -0.2) is 61.9 Å². The summed E-state index contributed by atoms with van der Waals surface area (Å²) >= 11 is 0. The molecule has 3 aromatic heterocycles. The van der Waals surface area contributed by atoms with Gasteiger partial charge in [0.05, 0.1) is 34.9 Å². The van der Waals surface area contributed by atoms with E-state index in [1.165, 1.54) is 0 Å². The van der Waals surface area contributed by atoms with Crippen molar-refractivity contribution in [2.24, 2.45) is 5.73 Å². The standard InChI is InChI=1S/C25H32N8O2/c1-15-24(16(2)31-30-15)20-11-22(32-13-17-6-7-18(14-32)35-17)29-25(28-20)19(12-26)21-8-9-27-33(21)23-5-3-4-10-34-23/h8-9,11-12,17-18,23H,3-7,10,13-14,26H2,1-2H3,(H,30,31)/b19-12-. The Balaban J connectivity index is 1.45. The van der Waals surface area contributed by atoms with Crippen molar-refractivity contribution < 1.29 is 9.47 Å². The highest BCUT2D eigenvalue weighted by atomic mass is 16.5. The number of aromatic amines is 1. The Bertz CT molecular complexity index is 1210. The molecule has 2 bridgehead atoms. The van der Waals surface area contributed by atoms with Gasteiger partial charge in [-0.1, -0.05) is 0 Å². The summed E-state index contributed by atoms with van der Waals surface area (Å²) < 4.78 is 14.0. The second-order valence-corrected chi connectivity index (χ2v) is 9.67. The number of nitrogens with one attached hydrogen (secondary N) is 1. The van der Waals surface area contributed by atoms with Crippen LogP contribution >= 0.6 is 0 Å². The third-order valence-corrected chi connectivity index (χ3v) is 7.25. The van der Waals surface area contributed by atoms with Crippen LogP contribution in [0.1, 0.15) is 61.2 Å². The quantitative estimate of drug-likeness (QED) is 0.576. The summed E-state index contributed by atoms with van der Waals surface area (Å²) in [6.07, 6.45) is 9.06. The molecule has 0 amide bonds. The maximum absolute atomic E-state index is 6.23. The topological polar surface area (TPSA) is 120 Å². The Morgan fingerprint density at radius 3 is 2.66 bits per heavy atom. The molecule has 0 saturated carbocycles. The first-order valence-corrected chi connectivity index (χ1v) is 12.5. The minimum atomic E-state index is -0.111.